The van der Waals surface area contributed by atoms with Crippen LogP contribution in [0.1, 0.15) is 39.5 Å². The van der Waals surface area contributed by atoms with Crippen LogP contribution in [-0.2, 0) is 14.4 Å². The van der Waals surface area contributed by atoms with Gasteiger partial charge in [0.2, 0.25) is 17.7 Å². The number of nitrogens with one attached hydrogen (secondary N) is 2. The van der Waals surface area contributed by atoms with Crippen LogP contribution in [0.5, 0.6) is 0 Å². The predicted molar refractivity (Wildman–Crippen MR) is 104 cm³/mol. The zero-order chi connectivity index (χ0) is 19.5. The van der Waals surface area contributed by atoms with Gasteiger partial charge in [-0.1, -0.05) is 37.0 Å². The third-order valence-corrected chi connectivity index (χ3v) is 4.09. The molecular weight excluding hydrogens is 377 g/mol. The molecule has 0 unspecified atom stereocenters. The lowest BCUT2D eigenvalue weighted by Gasteiger charge is -2.21. The summed E-state index contributed by atoms with van der Waals surface area (Å²) in [6.07, 6.45) is 1.73. The molecule has 2 N–H and O–H groups in total. The van der Waals surface area contributed by atoms with E-state index in [9.17, 15) is 14.4 Å². The number of halogens is 2. The molecule has 1 rings (SSSR count). The van der Waals surface area contributed by atoms with Crippen molar-refractivity contribution in [2.75, 3.05) is 25.0 Å². The number of carbonyl (C=O) groups is 3. The first-order chi connectivity index (χ1) is 12.4. The first kappa shape index (κ1) is 22.3. The minimum atomic E-state index is -0.369. The number of carbonyl (C=O) groups excluding carboxylic acids is 3. The van der Waals surface area contributed by atoms with Crippen LogP contribution in [0.25, 0.3) is 0 Å². The summed E-state index contributed by atoms with van der Waals surface area (Å²) in [7, 11) is 0. The molecule has 0 radical (unpaired) electrons. The summed E-state index contributed by atoms with van der Waals surface area (Å²) < 4.78 is 0. The zero-order valence-electron chi connectivity index (χ0n) is 15.1. The molecule has 6 nitrogen and oxygen atoms in total. The van der Waals surface area contributed by atoms with Crippen LogP contribution in [0.3, 0.4) is 0 Å². The Labute approximate surface area is 164 Å². The molecule has 1 aromatic rings. The molecular formula is C18H25Cl2N3O3. The monoisotopic (exact) mass is 401 g/mol. The Morgan fingerprint density at radius 3 is 2.42 bits per heavy atom. The molecule has 0 fully saturated rings. The van der Waals surface area contributed by atoms with E-state index in [-0.39, 0.29) is 37.1 Å². The smallest absolute Gasteiger partial charge is 0.244 e. The summed E-state index contributed by atoms with van der Waals surface area (Å²) >= 11 is 11.9. The van der Waals surface area contributed by atoms with Gasteiger partial charge in [-0.2, -0.15) is 0 Å². The summed E-state index contributed by atoms with van der Waals surface area (Å²) in [6.45, 7) is 4.80. The average molecular weight is 402 g/mol. The maximum atomic E-state index is 12.3. The third kappa shape index (κ3) is 8.06. The van der Waals surface area contributed by atoms with E-state index in [0.29, 0.717) is 35.2 Å². The fourth-order valence-corrected chi connectivity index (χ4v) is 2.59. The number of hydrogen-bond donors (Lipinski definition) is 2. The molecule has 0 aliphatic carbocycles. The highest BCUT2D eigenvalue weighted by Crippen LogP contribution is 2.25. The molecule has 0 spiro atoms. The number of hydrogen-bond acceptors (Lipinski definition) is 3. The second-order valence-electron chi connectivity index (χ2n) is 5.84. The number of rotatable bonds is 10. The molecule has 8 heteroatoms. The third-order valence-electron chi connectivity index (χ3n) is 3.52. The second kappa shape index (κ2) is 11.8. The lowest BCUT2D eigenvalue weighted by Crippen LogP contribution is -2.39. The van der Waals surface area contributed by atoms with Crippen molar-refractivity contribution in [3.8, 4) is 0 Å². The van der Waals surface area contributed by atoms with Gasteiger partial charge in [-0.3, -0.25) is 14.4 Å². The molecule has 0 heterocycles. The predicted octanol–water partition coefficient (Wildman–Crippen LogP) is 3.48. The normalized spacial score (nSPS) is 10.3. The molecule has 144 valence electrons. The standard InChI is InChI=1S/C18H25Cl2N3O3/c1-3-9-21-16(24)7-8-18(26)23(10-4-2)12-17(25)22-15-11-13(19)5-6-14(15)20/h5-6,11H,3-4,7-10,12H2,1-2H3,(H,21,24)(H,22,25). The fraction of sp³-hybridized carbons (Fsp3) is 0.500. The van der Waals surface area contributed by atoms with E-state index in [1.54, 1.807) is 18.2 Å². The zero-order valence-corrected chi connectivity index (χ0v) is 16.6. The van der Waals surface area contributed by atoms with Gasteiger partial charge in [-0.15, -0.1) is 0 Å². The molecule has 3 amide bonds. The van der Waals surface area contributed by atoms with Crippen molar-refractivity contribution in [1.82, 2.24) is 10.2 Å². The van der Waals surface area contributed by atoms with E-state index in [1.165, 1.54) is 4.90 Å². The highest BCUT2D eigenvalue weighted by molar-refractivity contribution is 6.35. The molecule has 0 bridgehead atoms. The highest BCUT2D eigenvalue weighted by Gasteiger charge is 2.18. The second-order valence-corrected chi connectivity index (χ2v) is 6.68. The average Bonchev–Trinajstić information content (AvgIpc) is 2.60. The van der Waals surface area contributed by atoms with E-state index in [4.69, 9.17) is 23.2 Å². The van der Waals surface area contributed by atoms with Crippen molar-refractivity contribution >= 4 is 46.6 Å². The van der Waals surface area contributed by atoms with Crippen LogP contribution in [-0.4, -0.2) is 42.3 Å². The number of anilines is 1. The van der Waals surface area contributed by atoms with Crippen LogP contribution >= 0.6 is 23.2 Å². The van der Waals surface area contributed by atoms with Crippen molar-refractivity contribution in [2.45, 2.75) is 39.5 Å². The summed E-state index contributed by atoms with van der Waals surface area (Å²) in [5, 5.41) is 6.20. The number of benzene rings is 1. The van der Waals surface area contributed by atoms with Crippen LogP contribution in [0, 0.1) is 0 Å². The van der Waals surface area contributed by atoms with Gasteiger partial charge in [0.05, 0.1) is 17.3 Å². The Balaban J connectivity index is 2.60. The van der Waals surface area contributed by atoms with Gasteiger partial charge >= 0.3 is 0 Å². The molecule has 0 atom stereocenters. The van der Waals surface area contributed by atoms with Crippen molar-refractivity contribution in [2.24, 2.45) is 0 Å². The minimum absolute atomic E-state index is 0.0702. The van der Waals surface area contributed by atoms with E-state index in [0.717, 1.165) is 6.42 Å². The van der Waals surface area contributed by atoms with E-state index >= 15 is 0 Å². The minimum Gasteiger partial charge on any atom is -0.356 e. The van der Waals surface area contributed by atoms with Crippen LogP contribution in [0.4, 0.5) is 5.69 Å². The van der Waals surface area contributed by atoms with Crippen molar-refractivity contribution in [1.29, 1.82) is 0 Å². The topological polar surface area (TPSA) is 78.5 Å². The van der Waals surface area contributed by atoms with Gasteiger partial charge in [0.1, 0.15) is 0 Å². The largest absolute Gasteiger partial charge is 0.356 e. The van der Waals surface area contributed by atoms with E-state index < -0.39 is 0 Å². The van der Waals surface area contributed by atoms with E-state index in [2.05, 4.69) is 10.6 Å². The molecule has 0 saturated carbocycles. The maximum Gasteiger partial charge on any atom is 0.244 e. The van der Waals surface area contributed by atoms with Crippen molar-refractivity contribution in [3.05, 3.63) is 28.2 Å². The quantitative estimate of drug-likeness (QED) is 0.629. The fourth-order valence-electron chi connectivity index (χ4n) is 2.25. The lowest BCUT2D eigenvalue weighted by molar-refractivity contribution is -0.136. The highest BCUT2D eigenvalue weighted by atomic mass is 35.5. The molecule has 26 heavy (non-hydrogen) atoms. The molecule has 0 aliphatic heterocycles. The summed E-state index contributed by atoms with van der Waals surface area (Å²) in [4.78, 5) is 37.7. The SMILES string of the molecule is CCCNC(=O)CCC(=O)N(CCC)CC(=O)Nc1cc(Cl)ccc1Cl. The van der Waals surface area contributed by atoms with Crippen molar-refractivity contribution < 1.29 is 14.4 Å². The summed E-state index contributed by atoms with van der Waals surface area (Å²) in [5.41, 5.74) is 0.395. The maximum absolute atomic E-state index is 12.3. The molecule has 1 aromatic carbocycles. The van der Waals surface area contributed by atoms with E-state index in [1.807, 2.05) is 13.8 Å². The molecule has 0 aromatic heterocycles. The first-order valence-corrected chi connectivity index (χ1v) is 9.42. The van der Waals surface area contributed by atoms with Gasteiger partial charge in [0.15, 0.2) is 0 Å². The lowest BCUT2D eigenvalue weighted by atomic mass is 10.2. The molecule has 0 saturated heterocycles. The summed E-state index contributed by atoms with van der Waals surface area (Å²) in [5.74, 6) is -0.760. The Morgan fingerprint density at radius 2 is 1.77 bits per heavy atom. The van der Waals surface area contributed by atoms with Gasteiger partial charge < -0.3 is 15.5 Å². The van der Waals surface area contributed by atoms with Crippen molar-refractivity contribution in [3.63, 3.8) is 0 Å². The van der Waals surface area contributed by atoms with Gasteiger partial charge in [0, 0.05) is 31.0 Å². The Bertz CT molecular complexity index is 638. The van der Waals surface area contributed by atoms with Gasteiger partial charge in [-0.25, -0.2) is 0 Å². The van der Waals surface area contributed by atoms with Crippen LogP contribution in [0.15, 0.2) is 18.2 Å². The number of nitrogens with zero attached hydrogens (tertiary/aromatic N) is 1. The van der Waals surface area contributed by atoms with Gasteiger partial charge in [-0.05, 0) is 31.0 Å². The Hall–Kier alpha value is -1.79. The van der Waals surface area contributed by atoms with Crippen LogP contribution in [0.2, 0.25) is 10.0 Å². The van der Waals surface area contributed by atoms with Crippen LogP contribution < -0.4 is 10.6 Å². The first-order valence-electron chi connectivity index (χ1n) is 8.66. The van der Waals surface area contributed by atoms with Gasteiger partial charge in [0.25, 0.3) is 0 Å². The molecule has 0 aliphatic rings. The number of amides is 3. The Kier molecular flexibility index (Phi) is 10.1. The Morgan fingerprint density at radius 1 is 1.04 bits per heavy atom. The summed E-state index contributed by atoms with van der Waals surface area (Å²) in [6, 6.07) is 4.76.